The molecule has 0 aromatic rings. The maximum absolute atomic E-state index is 11.2. The Morgan fingerprint density at radius 2 is 0.435 bits per heavy atom. The number of carbonyl (C=O) groups excluding carboxylic acids is 8. The fourth-order valence-electron chi connectivity index (χ4n) is 4.66. The molecule has 1 fully saturated rings. The van der Waals surface area contributed by atoms with E-state index in [1.54, 1.807) is 90.7 Å². The maximum Gasteiger partial charge on any atom is 0.335 e. The van der Waals surface area contributed by atoms with Crippen LogP contribution in [-0.4, -0.2) is 188 Å². The third kappa shape index (κ3) is 56.0. The van der Waals surface area contributed by atoms with Crippen LogP contribution in [0.15, 0.2) is 97.2 Å². The molecule has 0 atom stereocenters. The van der Waals surface area contributed by atoms with E-state index in [0.717, 1.165) is 60.2 Å². The van der Waals surface area contributed by atoms with Crippen LogP contribution in [0.1, 0.15) is 81.1 Å². The highest BCUT2D eigenvalue weighted by molar-refractivity contribution is 8.02. The molecule has 0 N–H and O–H groups in total. The Kier molecular flexibility index (Phi) is 55.3. The average molecular weight is 1270 g/mol. The van der Waals surface area contributed by atoms with E-state index in [0.29, 0.717) is 71.0 Å². The van der Waals surface area contributed by atoms with E-state index >= 15 is 0 Å². The van der Waals surface area contributed by atoms with E-state index in [-0.39, 0.29) is 79.8 Å². The summed E-state index contributed by atoms with van der Waals surface area (Å²) in [6, 6.07) is 0. The molecule has 0 saturated heterocycles. The predicted octanol–water partition coefficient (Wildman–Crippen LogP) is 8.20. The molecule has 0 heterocycles. The van der Waals surface area contributed by atoms with Crippen LogP contribution in [0.2, 0.25) is 0 Å². The third-order valence-electron chi connectivity index (χ3n) is 9.27. The van der Waals surface area contributed by atoms with E-state index in [1.807, 2.05) is 0 Å². The molecular weight excluding hydrogens is 1180 g/mol. The van der Waals surface area contributed by atoms with Crippen molar-refractivity contribution < 1.29 is 114 Å². The Labute approximate surface area is 514 Å². The summed E-state index contributed by atoms with van der Waals surface area (Å²) in [7, 11) is 0. The van der Waals surface area contributed by atoms with Crippen molar-refractivity contribution in [1.29, 1.82) is 0 Å². The van der Waals surface area contributed by atoms with Gasteiger partial charge in [-0.25, -0.2) is 38.4 Å². The molecule has 0 aliphatic heterocycles. The lowest BCUT2D eigenvalue weighted by Crippen LogP contribution is -2.28. The van der Waals surface area contributed by atoms with Crippen molar-refractivity contribution in [3.05, 3.63) is 97.2 Å². The number of ether oxygens (including phenoxy) is 16. The SMILES string of the molecule is C=C(C)C(=O)OCOC1CCC(OCOC(=O)C(=C)C)CC1.C=C(C)C(=O)OCOCCOCOC(=O)C(=C)C.C=C(C)C(=O)OCOCCSCCOCOC(=O)C(=C)C.C=C(C)C(=O)OCOCCSCCSCCOCOC(=O)C(=C)C. The standard InChI is InChI=1S/C16H26O6S2.C16H24O6.C14H22O6S.C12H18O6/c1-13(2)15(17)21-11-19-5-7-23-9-10-24-8-6-20-12-22-16(18)14(3)4;1-11(2)15(17)21-9-19-13-5-7-14(8-6-13)20-10-22-16(18)12(3)4;1-11(2)13(15)19-9-17-5-7-21-8-6-18-10-20-14(16)12(3)4;1-9(2)11(13)17-7-15-5-6-16-8-18-12(14)10(3)4/h1,3,5-12H2,2,4H3;13-14H,1,3,5-10H2,2,4H3;1,3,5-10H2,2,4H3;1,3,5-8H2,2,4H3. The van der Waals surface area contributed by atoms with Gasteiger partial charge in [-0.05, 0) is 81.1 Å². The lowest BCUT2D eigenvalue weighted by Gasteiger charge is -2.28. The van der Waals surface area contributed by atoms with E-state index in [9.17, 15) is 38.4 Å². The van der Waals surface area contributed by atoms with Crippen molar-refractivity contribution in [2.75, 3.05) is 129 Å². The van der Waals surface area contributed by atoms with E-state index in [4.69, 9.17) is 66.3 Å². The normalized spacial score (nSPS) is 12.8. The van der Waals surface area contributed by atoms with Gasteiger partial charge in [-0.2, -0.15) is 35.3 Å². The molecule has 85 heavy (non-hydrogen) atoms. The lowest BCUT2D eigenvalue weighted by atomic mass is 9.95. The molecule has 0 aromatic heterocycles. The van der Waals surface area contributed by atoms with Crippen LogP contribution in [0.4, 0.5) is 0 Å². The van der Waals surface area contributed by atoms with Gasteiger partial charge in [-0.1, -0.05) is 52.6 Å². The molecule has 484 valence electrons. The van der Waals surface area contributed by atoms with Crippen LogP contribution in [0.25, 0.3) is 0 Å². The number of rotatable bonds is 44. The second-order valence-corrected chi connectivity index (χ2v) is 21.3. The number of esters is 8. The molecule has 27 heteroatoms. The number of hydrogen-bond donors (Lipinski definition) is 0. The molecule has 1 rings (SSSR count). The quantitative estimate of drug-likeness (QED) is 0.0182. The first-order valence-electron chi connectivity index (χ1n) is 26.3. The van der Waals surface area contributed by atoms with Crippen LogP contribution in [0.5, 0.6) is 0 Å². The summed E-state index contributed by atoms with van der Waals surface area (Å²) in [6.45, 7) is 42.1. The molecule has 1 aliphatic carbocycles. The third-order valence-corrected chi connectivity index (χ3v) is 12.3. The van der Waals surface area contributed by atoms with Gasteiger partial charge in [-0.15, -0.1) is 0 Å². The molecular formula is C58H90O24S3. The summed E-state index contributed by atoms with van der Waals surface area (Å²) in [5.74, 6) is 1.50. The highest BCUT2D eigenvalue weighted by Crippen LogP contribution is 2.23. The summed E-state index contributed by atoms with van der Waals surface area (Å²) in [5.41, 5.74) is 2.74. The van der Waals surface area contributed by atoms with Gasteiger partial charge in [0, 0.05) is 79.1 Å². The molecule has 24 nitrogen and oxygen atoms in total. The summed E-state index contributed by atoms with van der Waals surface area (Å²) in [4.78, 5) is 88.3. The second-order valence-electron chi connectivity index (χ2n) is 17.7. The van der Waals surface area contributed by atoms with Gasteiger partial charge in [0.15, 0.2) is 54.3 Å². The Morgan fingerprint density at radius 3 is 0.624 bits per heavy atom. The average Bonchev–Trinajstić information content (AvgIpc) is 3.46. The van der Waals surface area contributed by atoms with Crippen molar-refractivity contribution >= 4 is 83.0 Å². The van der Waals surface area contributed by atoms with E-state index < -0.39 is 47.8 Å². The topological polar surface area (TPSA) is 284 Å². The van der Waals surface area contributed by atoms with Crippen molar-refractivity contribution in [2.24, 2.45) is 0 Å². The lowest BCUT2D eigenvalue weighted by molar-refractivity contribution is -0.166. The Morgan fingerprint density at radius 1 is 0.271 bits per heavy atom. The highest BCUT2D eigenvalue weighted by atomic mass is 32.2. The van der Waals surface area contributed by atoms with Crippen LogP contribution in [0, 0.1) is 0 Å². The molecule has 1 aliphatic rings. The summed E-state index contributed by atoms with van der Waals surface area (Å²) >= 11 is 5.16. The van der Waals surface area contributed by atoms with Crippen molar-refractivity contribution in [3.8, 4) is 0 Å². The molecule has 1 saturated carbocycles. The minimum atomic E-state index is -0.508. The number of thioether (sulfide) groups is 3. The van der Waals surface area contributed by atoms with Gasteiger partial charge >= 0.3 is 47.8 Å². The van der Waals surface area contributed by atoms with Crippen LogP contribution in [-0.2, 0) is 114 Å². The van der Waals surface area contributed by atoms with Crippen molar-refractivity contribution in [2.45, 2.75) is 93.3 Å². The first-order chi connectivity index (χ1) is 40.2. The van der Waals surface area contributed by atoms with Crippen LogP contribution in [0.3, 0.4) is 0 Å². The summed E-state index contributed by atoms with van der Waals surface area (Å²) < 4.78 is 79.7. The van der Waals surface area contributed by atoms with Gasteiger partial charge in [0.05, 0.1) is 51.8 Å². The highest BCUT2D eigenvalue weighted by Gasteiger charge is 2.23. The van der Waals surface area contributed by atoms with Gasteiger partial charge in [0.25, 0.3) is 0 Å². The smallest absolute Gasteiger partial charge is 0.335 e. The van der Waals surface area contributed by atoms with Gasteiger partial charge in [0.1, 0.15) is 0 Å². The van der Waals surface area contributed by atoms with Gasteiger partial charge in [-0.3, -0.25) is 0 Å². The zero-order chi connectivity index (χ0) is 64.8. The van der Waals surface area contributed by atoms with E-state index in [2.05, 4.69) is 62.1 Å². The number of carbonyl (C=O) groups is 8. The van der Waals surface area contributed by atoms with Gasteiger partial charge < -0.3 is 75.8 Å². The fourth-order valence-corrected chi connectivity index (χ4v) is 7.15. The molecule has 0 radical (unpaired) electrons. The molecule has 0 unspecified atom stereocenters. The molecule has 0 spiro atoms. The van der Waals surface area contributed by atoms with Crippen molar-refractivity contribution in [3.63, 3.8) is 0 Å². The second kappa shape index (κ2) is 56.2. The first kappa shape index (κ1) is 83.6. The summed E-state index contributed by atoms with van der Waals surface area (Å²) in [6.07, 6.45) is 3.34. The number of hydrogen-bond acceptors (Lipinski definition) is 27. The largest absolute Gasteiger partial charge is 0.435 e. The van der Waals surface area contributed by atoms with Crippen LogP contribution < -0.4 is 0 Å². The van der Waals surface area contributed by atoms with Gasteiger partial charge in [0.2, 0.25) is 0 Å². The van der Waals surface area contributed by atoms with E-state index in [1.165, 1.54) is 0 Å². The molecule has 0 bridgehead atoms. The maximum atomic E-state index is 11.2. The summed E-state index contributed by atoms with van der Waals surface area (Å²) in [5, 5.41) is 0. The minimum absolute atomic E-state index is 0.0334. The zero-order valence-corrected chi connectivity index (χ0v) is 53.3. The fraction of sp³-hybridized carbons (Fsp3) is 0.586. The monoisotopic (exact) mass is 1270 g/mol. The Bertz CT molecular complexity index is 1960. The van der Waals surface area contributed by atoms with Crippen LogP contribution >= 0.6 is 35.3 Å². The minimum Gasteiger partial charge on any atom is -0.435 e. The zero-order valence-electron chi connectivity index (χ0n) is 50.8. The molecule has 0 amide bonds. The Hall–Kier alpha value is -5.59. The Balaban J connectivity index is -0.00000106. The molecule has 0 aromatic carbocycles. The first-order valence-corrected chi connectivity index (χ1v) is 29.7. The predicted molar refractivity (Wildman–Crippen MR) is 322 cm³/mol. The van der Waals surface area contributed by atoms with Crippen molar-refractivity contribution in [1.82, 2.24) is 0 Å².